The maximum atomic E-state index is 11.9. The summed E-state index contributed by atoms with van der Waals surface area (Å²) >= 11 is 0. The van der Waals surface area contributed by atoms with E-state index >= 15 is 0 Å². The van der Waals surface area contributed by atoms with Crippen LogP contribution >= 0.6 is 0 Å². The van der Waals surface area contributed by atoms with Gasteiger partial charge in [0.1, 0.15) is 5.60 Å². The van der Waals surface area contributed by atoms with Gasteiger partial charge in [-0.05, 0) is 46.5 Å². The molecule has 0 aromatic heterocycles. The molecule has 0 radical (unpaired) electrons. The Balaban J connectivity index is 1.70. The van der Waals surface area contributed by atoms with E-state index in [1.54, 1.807) is 7.05 Å². The number of likely N-dealkylation sites (tertiary alicyclic amines) is 1. The zero-order valence-corrected chi connectivity index (χ0v) is 15.4. The van der Waals surface area contributed by atoms with Crippen LogP contribution in [0.4, 0.5) is 4.79 Å². The van der Waals surface area contributed by atoms with Gasteiger partial charge in [-0.15, -0.1) is 0 Å². The summed E-state index contributed by atoms with van der Waals surface area (Å²) in [6, 6.07) is 0.0940. The van der Waals surface area contributed by atoms with Gasteiger partial charge in [0.15, 0.2) is 5.96 Å². The molecule has 0 saturated carbocycles. The molecule has 2 aliphatic rings. The molecule has 2 saturated heterocycles. The van der Waals surface area contributed by atoms with E-state index in [-0.39, 0.29) is 12.1 Å². The minimum absolute atomic E-state index is 0.0940. The number of carbonyl (C=O) groups excluding carboxylic acids is 1. The van der Waals surface area contributed by atoms with Crippen LogP contribution in [-0.2, 0) is 9.47 Å². The summed E-state index contributed by atoms with van der Waals surface area (Å²) in [5.74, 6) is 0.890. The predicted octanol–water partition coefficient (Wildman–Crippen LogP) is 1.73. The Morgan fingerprint density at radius 1 is 1.38 bits per heavy atom. The van der Waals surface area contributed by atoms with E-state index in [0.717, 1.165) is 51.5 Å². The molecule has 2 rings (SSSR count). The SMILES string of the molecule is CN=C(NCCC1CCCO1)N1CCC(NC(=O)OC(C)(C)C)C1. The van der Waals surface area contributed by atoms with Crippen LogP contribution in [0.1, 0.15) is 46.5 Å². The van der Waals surface area contributed by atoms with E-state index < -0.39 is 5.60 Å². The number of guanidine groups is 1. The van der Waals surface area contributed by atoms with Gasteiger partial charge in [-0.2, -0.15) is 0 Å². The Morgan fingerprint density at radius 2 is 2.17 bits per heavy atom. The third-order valence-corrected chi connectivity index (χ3v) is 4.19. The minimum Gasteiger partial charge on any atom is -0.444 e. The molecule has 2 unspecified atom stereocenters. The second-order valence-corrected chi connectivity index (χ2v) is 7.48. The highest BCUT2D eigenvalue weighted by Gasteiger charge is 2.28. The molecule has 0 bridgehead atoms. The minimum atomic E-state index is -0.470. The van der Waals surface area contributed by atoms with E-state index in [0.29, 0.717) is 6.10 Å². The Morgan fingerprint density at radius 3 is 2.79 bits per heavy atom. The summed E-state index contributed by atoms with van der Waals surface area (Å²) < 4.78 is 11.0. The first-order valence-corrected chi connectivity index (χ1v) is 8.94. The van der Waals surface area contributed by atoms with Gasteiger partial charge in [0.05, 0.1) is 12.1 Å². The quantitative estimate of drug-likeness (QED) is 0.602. The Hall–Kier alpha value is -1.50. The highest BCUT2D eigenvalue weighted by atomic mass is 16.6. The van der Waals surface area contributed by atoms with E-state index in [9.17, 15) is 4.79 Å². The van der Waals surface area contributed by atoms with Crippen LogP contribution in [0.3, 0.4) is 0 Å². The molecule has 0 aromatic carbocycles. The van der Waals surface area contributed by atoms with Crippen molar-refractivity contribution in [1.82, 2.24) is 15.5 Å². The number of rotatable bonds is 4. The third kappa shape index (κ3) is 6.19. The van der Waals surface area contributed by atoms with E-state index in [1.807, 2.05) is 20.8 Å². The Labute approximate surface area is 145 Å². The lowest BCUT2D eigenvalue weighted by Gasteiger charge is -2.23. The molecule has 2 aliphatic heterocycles. The molecule has 7 nitrogen and oxygen atoms in total. The topological polar surface area (TPSA) is 75.2 Å². The highest BCUT2D eigenvalue weighted by Crippen LogP contribution is 2.15. The van der Waals surface area contributed by atoms with Crippen LogP contribution in [0.5, 0.6) is 0 Å². The monoisotopic (exact) mass is 340 g/mol. The summed E-state index contributed by atoms with van der Waals surface area (Å²) in [5, 5.41) is 6.34. The van der Waals surface area contributed by atoms with E-state index in [2.05, 4.69) is 20.5 Å². The molecular formula is C17H32N4O3. The van der Waals surface area contributed by atoms with Crippen LogP contribution in [0.25, 0.3) is 0 Å². The molecule has 138 valence electrons. The van der Waals surface area contributed by atoms with Crippen molar-refractivity contribution < 1.29 is 14.3 Å². The average molecular weight is 340 g/mol. The van der Waals surface area contributed by atoms with Crippen LogP contribution in [-0.4, -0.2) is 68.0 Å². The van der Waals surface area contributed by atoms with Crippen LogP contribution < -0.4 is 10.6 Å². The first-order chi connectivity index (χ1) is 11.4. The van der Waals surface area contributed by atoms with E-state index in [1.165, 1.54) is 6.42 Å². The number of amides is 1. The van der Waals surface area contributed by atoms with E-state index in [4.69, 9.17) is 9.47 Å². The van der Waals surface area contributed by atoms with Gasteiger partial charge >= 0.3 is 6.09 Å². The fourth-order valence-corrected chi connectivity index (χ4v) is 3.09. The Bertz CT molecular complexity index is 442. The smallest absolute Gasteiger partial charge is 0.407 e. The number of nitrogens with zero attached hydrogens (tertiary/aromatic N) is 2. The number of ether oxygens (including phenoxy) is 2. The maximum Gasteiger partial charge on any atom is 0.407 e. The van der Waals surface area contributed by atoms with Crippen molar-refractivity contribution in [2.75, 3.05) is 33.3 Å². The molecule has 1 amide bonds. The van der Waals surface area contributed by atoms with Gasteiger partial charge in [-0.25, -0.2) is 4.79 Å². The third-order valence-electron chi connectivity index (χ3n) is 4.19. The highest BCUT2D eigenvalue weighted by molar-refractivity contribution is 5.80. The lowest BCUT2D eigenvalue weighted by atomic mass is 10.2. The fourth-order valence-electron chi connectivity index (χ4n) is 3.09. The van der Waals surface area contributed by atoms with Gasteiger partial charge in [0.2, 0.25) is 0 Å². The van der Waals surface area contributed by atoms with Crippen molar-refractivity contribution >= 4 is 12.1 Å². The summed E-state index contributed by atoms with van der Waals surface area (Å²) in [6.07, 6.45) is 4.26. The van der Waals surface area contributed by atoms with Crippen molar-refractivity contribution in [3.8, 4) is 0 Å². The second kappa shape index (κ2) is 8.55. The molecule has 2 N–H and O–H groups in total. The fraction of sp³-hybridized carbons (Fsp3) is 0.882. The molecule has 0 aromatic rings. The predicted molar refractivity (Wildman–Crippen MR) is 94.3 cm³/mol. The summed E-state index contributed by atoms with van der Waals surface area (Å²) in [6.45, 7) is 8.98. The number of carbonyl (C=O) groups is 1. The van der Waals surface area contributed by atoms with Crippen molar-refractivity contribution in [2.24, 2.45) is 4.99 Å². The first kappa shape index (κ1) is 18.8. The van der Waals surface area contributed by atoms with Crippen molar-refractivity contribution in [3.63, 3.8) is 0 Å². The van der Waals surface area contributed by atoms with Crippen LogP contribution in [0, 0.1) is 0 Å². The van der Waals surface area contributed by atoms with Gasteiger partial charge in [-0.3, -0.25) is 4.99 Å². The zero-order chi connectivity index (χ0) is 17.6. The number of alkyl carbamates (subject to hydrolysis) is 1. The second-order valence-electron chi connectivity index (χ2n) is 7.48. The van der Waals surface area contributed by atoms with Crippen molar-refractivity contribution in [2.45, 2.75) is 64.2 Å². The molecule has 0 aliphatic carbocycles. The average Bonchev–Trinajstić information content (AvgIpc) is 3.13. The van der Waals surface area contributed by atoms with Crippen LogP contribution in [0.15, 0.2) is 4.99 Å². The number of hydrogen-bond donors (Lipinski definition) is 2. The molecule has 2 heterocycles. The lowest BCUT2D eigenvalue weighted by molar-refractivity contribution is 0.0507. The van der Waals surface area contributed by atoms with Gasteiger partial charge in [0, 0.05) is 33.3 Å². The summed E-state index contributed by atoms with van der Waals surface area (Å²) in [5.41, 5.74) is -0.470. The normalized spacial score (nSPS) is 25.0. The Kier molecular flexibility index (Phi) is 6.71. The molecule has 0 spiro atoms. The van der Waals surface area contributed by atoms with Crippen molar-refractivity contribution in [3.05, 3.63) is 0 Å². The molecular weight excluding hydrogens is 308 g/mol. The molecule has 24 heavy (non-hydrogen) atoms. The van der Waals surface area contributed by atoms with Gasteiger partial charge in [-0.1, -0.05) is 0 Å². The molecule has 7 heteroatoms. The summed E-state index contributed by atoms with van der Waals surface area (Å²) in [4.78, 5) is 18.4. The van der Waals surface area contributed by atoms with Crippen molar-refractivity contribution in [1.29, 1.82) is 0 Å². The number of aliphatic imine (C=N–C) groups is 1. The maximum absolute atomic E-state index is 11.9. The molecule has 2 fully saturated rings. The van der Waals surface area contributed by atoms with Crippen LogP contribution in [0.2, 0.25) is 0 Å². The zero-order valence-electron chi connectivity index (χ0n) is 15.4. The number of nitrogens with one attached hydrogen (secondary N) is 2. The molecule has 2 atom stereocenters. The standard InChI is InChI=1S/C17H32N4O3/c1-17(2,3)24-16(22)20-13-8-10-21(12-13)15(18-4)19-9-7-14-6-5-11-23-14/h13-14H,5-12H2,1-4H3,(H,18,19)(H,20,22). The summed E-state index contributed by atoms with van der Waals surface area (Å²) in [7, 11) is 1.79. The first-order valence-electron chi connectivity index (χ1n) is 8.94. The number of hydrogen-bond acceptors (Lipinski definition) is 4. The lowest BCUT2D eigenvalue weighted by Crippen LogP contribution is -2.44. The van der Waals surface area contributed by atoms with Gasteiger partial charge < -0.3 is 25.0 Å². The van der Waals surface area contributed by atoms with Gasteiger partial charge in [0.25, 0.3) is 0 Å². The largest absolute Gasteiger partial charge is 0.444 e.